The van der Waals surface area contributed by atoms with Crippen molar-refractivity contribution in [2.75, 3.05) is 11.9 Å². The molecule has 0 aliphatic rings. The van der Waals surface area contributed by atoms with E-state index in [2.05, 4.69) is 10.6 Å². The van der Waals surface area contributed by atoms with Gasteiger partial charge in [0.05, 0.1) is 10.7 Å². The summed E-state index contributed by atoms with van der Waals surface area (Å²) in [5.74, 6) is -0.801. The van der Waals surface area contributed by atoms with Gasteiger partial charge in [0, 0.05) is 6.54 Å². The third-order valence-corrected chi connectivity index (χ3v) is 5.80. The molecule has 0 aliphatic heterocycles. The minimum absolute atomic E-state index is 0.242. The van der Waals surface area contributed by atoms with Gasteiger partial charge in [0.1, 0.15) is 17.7 Å². The number of likely N-dealkylation sites (N-methyl/N-ethyl adjacent to an activating group) is 1. The highest BCUT2D eigenvalue weighted by molar-refractivity contribution is 6.34. The van der Waals surface area contributed by atoms with E-state index in [0.717, 1.165) is 16.7 Å². The van der Waals surface area contributed by atoms with E-state index >= 15 is 0 Å². The Hall–Kier alpha value is -3.06. The van der Waals surface area contributed by atoms with Gasteiger partial charge in [-0.25, -0.2) is 4.79 Å². The first kappa shape index (κ1) is 28.2. The lowest BCUT2D eigenvalue weighted by molar-refractivity contribution is -0.140. The van der Waals surface area contributed by atoms with Gasteiger partial charge in [-0.05, 0) is 78.1 Å². The molecule has 7 nitrogen and oxygen atoms in total. The van der Waals surface area contributed by atoms with Crippen LogP contribution in [0.3, 0.4) is 0 Å². The summed E-state index contributed by atoms with van der Waals surface area (Å²) in [5.41, 5.74) is 3.13. The lowest BCUT2D eigenvalue weighted by atomic mass is 9.96. The van der Waals surface area contributed by atoms with Crippen LogP contribution in [0, 0.1) is 20.8 Å². The molecule has 0 radical (unpaired) electrons. The maximum Gasteiger partial charge on any atom is 0.408 e. The Morgan fingerprint density at radius 2 is 1.71 bits per heavy atom. The van der Waals surface area contributed by atoms with Crippen molar-refractivity contribution in [1.82, 2.24) is 10.2 Å². The highest BCUT2D eigenvalue weighted by Gasteiger charge is 2.35. The van der Waals surface area contributed by atoms with Crippen molar-refractivity contribution in [3.8, 4) is 0 Å². The van der Waals surface area contributed by atoms with Gasteiger partial charge in [-0.1, -0.05) is 47.5 Å². The molecular weight excluding hydrogens is 466 g/mol. The number of carbonyl (C=O) groups is 3. The number of halogens is 1. The molecule has 190 valence electrons. The predicted octanol–water partition coefficient (Wildman–Crippen LogP) is 5.71. The molecule has 0 aliphatic carbocycles. The Morgan fingerprint density at radius 3 is 2.29 bits per heavy atom. The van der Waals surface area contributed by atoms with Crippen LogP contribution in [0.5, 0.6) is 0 Å². The van der Waals surface area contributed by atoms with Gasteiger partial charge in [0.25, 0.3) is 5.91 Å². The third-order valence-electron chi connectivity index (χ3n) is 5.49. The van der Waals surface area contributed by atoms with Gasteiger partial charge >= 0.3 is 6.09 Å². The molecule has 2 N–H and O–H groups in total. The minimum Gasteiger partial charge on any atom is -0.444 e. The van der Waals surface area contributed by atoms with E-state index in [1.54, 1.807) is 46.8 Å². The highest BCUT2D eigenvalue weighted by Crippen LogP contribution is 2.31. The summed E-state index contributed by atoms with van der Waals surface area (Å²) in [5, 5.41) is 5.92. The number of aryl methyl sites for hydroxylation is 3. The summed E-state index contributed by atoms with van der Waals surface area (Å²) in [6, 6.07) is 9.29. The van der Waals surface area contributed by atoms with Gasteiger partial charge < -0.3 is 20.3 Å². The fraction of sp³-hybridized carbons (Fsp3) is 0.444. The second-order valence-corrected chi connectivity index (χ2v) is 10.1. The molecule has 3 amide bonds. The highest BCUT2D eigenvalue weighted by atomic mass is 35.5. The molecule has 0 bridgehead atoms. The maximum absolute atomic E-state index is 13.7. The molecular formula is C27H36ClN3O4. The van der Waals surface area contributed by atoms with Crippen molar-refractivity contribution in [3.63, 3.8) is 0 Å². The van der Waals surface area contributed by atoms with Gasteiger partial charge in [-0.2, -0.15) is 0 Å². The fourth-order valence-corrected chi connectivity index (χ4v) is 4.02. The molecule has 2 aromatic carbocycles. The Labute approximate surface area is 213 Å². The topological polar surface area (TPSA) is 87.7 Å². The molecule has 0 heterocycles. The Balaban J connectivity index is 2.46. The summed E-state index contributed by atoms with van der Waals surface area (Å²) in [6.07, 6.45) is -0.700. The van der Waals surface area contributed by atoms with E-state index in [9.17, 15) is 14.4 Å². The van der Waals surface area contributed by atoms with E-state index < -0.39 is 35.6 Å². The number of nitrogens with zero attached hydrogens (tertiary/aromatic N) is 1. The summed E-state index contributed by atoms with van der Waals surface area (Å²) >= 11 is 6.36. The predicted molar refractivity (Wildman–Crippen MR) is 140 cm³/mol. The number of hydrogen-bond acceptors (Lipinski definition) is 4. The first-order valence-electron chi connectivity index (χ1n) is 11.7. The van der Waals surface area contributed by atoms with Crippen LogP contribution in [0.15, 0.2) is 36.4 Å². The SMILES string of the molecule is CCN(C(=O)C(C)NC(=O)OC(C)(C)C)C(C(=O)Nc1c(C)cccc1Cl)c1cc(C)ccc1C. The number of benzene rings is 2. The number of rotatable bonds is 7. The zero-order valence-electron chi connectivity index (χ0n) is 21.8. The number of hydrogen-bond donors (Lipinski definition) is 2. The van der Waals surface area contributed by atoms with Gasteiger partial charge in [-0.15, -0.1) is 0 Å². The summed E-state index contributed by atoms with van der Waals surface area (Å²) < 4.78 is 5.29. The quantitative estimate of drug-likeness (QED) is 0.509. The molecule has 0 fully saturated rings. The van der Waals surface area contributed by atoms with E-state index in [1.807, 2.05) is 45.0 Å². The van der Waals surface area contributed by atoms with E-state index in [-0.39, 0.29) is 6.54 Å². The Kier molecular flexibility index (Phi) is 9.32. The largest absolute Gasteiger partial charge is 0.444 e. The molecule has 2 atom stereocenters. The summed E-state index contributed by atoms with van der Waals surface area (Å²) in [4.78, 5) is 41.0. The Bertz CT molecular complexity index is 1070. The maximum atomic E-state index is 13.7. The van der Waals surface area contributed by atoms with E-state index in [1.165, 1.54) is 4.90 Å². The normalized spacial score (nSPS) is 12.9. The summed E-state index contributed by atoms with van der Waals surface area (Å²) in [6.45, 7) is 14.5. The van der Waals surface area contributed by atoms with Gasteiger partial charge in [0.2, 0.25) is 5.91 Å². The number of ether oxygens (including phenoxy) is 1. The monoisotopic (exact) mass is 501 g/mol. The number of anilines is 1. The number of para-hydroxylation sites is 1. The van der Waals surface area contributed by atoms with Crippen molar-refractivity contribution >= 4 is 35.2 Å². The van der Waals surface area contributed by atoms with Gasteiger partial charge in [-0.3, -0.25) is 9.59 Å². The lowest BCUT2D eigenvalue weighted by Gasteiger charge is -2.33. The van der Waals surface area contributed by atoms with Crippen LogP contribution in [-0.4, -0.2) is 41.0 Å². The first-order chi connectivity index (χ1) is 16.2. The van der Waals surface area contributed by atoms with E-state index in [4.69, 9.17) is 16.3 Å². The molecule has 0 aromatic heterocycles. The average Bonchev–Trinajstić information content (AvgIpc) is 2.74. The zero-order chi connectivity index (χ0) is 26.5. The number of carbonyl (C=O) groups excluding carboxylic acids is 3. The van der Waals surface area contributed by atoms with Crippen molar-refractivity contribution in [2.45, 2.75) is 73.1 Å². The second kappa shape index (κ2) is 11.6. The Morgan fingerprint density at radius 1 is 1.06 bits per heavy atom. The van der Waals surface area contributed by atoms with E-state index in [0.29, 0.717) is 16.3 Å². The summed E-state index contributed by atoms with van der Waals surface area (Å²) in [7, 11) is 0. The molecule has 2 aromatic rings. The van der Waals surface area contributed by atoms with Crippen molar-refractivity contribution in [3.05, 3.63) is 63.7 Å². The third kappa shape index (κ3) is 7.46. The van der Waals surface area contributed by atoms with Crippen LogP contribution in [0.2, 0.25) is 5.02 Å². The minimum atomic E-state index is -0.939. The fourth-order valence-electron chi connectivity index (χ4n) is 3.75. The number of nitrogens with one attached hydrogen (secondary N) is 2. The smallest absolute Gasteiger partial charge is 0.408 e. The van der Waals surface area contributed by atoms with Crippen LogP contribution < -0.4 is 10.6 Å². The van der Waals surface area contributed by atoms with Crippen molar-refractivity contribution < 1.29 is 19.1 Å². The van der Waals surface area contributed by atoms with Crippen LogP contribution in [0.1, 0.15) is 62.9 Å². The molecule has 35 heavy (non-hydrogen) atoms. The molecule has 0 saturated heterocycles. The van der Waals surface area contributed by atoms with Crippen LogP contribution in [0.4, 0.5) is 10.5 Å². The zero-order valence-corrected chi connectivity index (χ0v) is 22.5. The molecule has 0 spiro atoms. The molecule has 8 heteroatoms. The first-order valence-corrected chi connectivity index (χ1v) is 12.1. The standard InChI is InChI=1S/C27H36ClN3O4/c1-9-31(25(33)19(5)29-26(34)35-27(6,7)8)23(20-15-16(2)13-14-17(20)3)24(32)30-22-18(4)11-10-12-21(22)28/h10-15,19,23H,9H2,1-8H3,(H,29,34)(H,30,32). The number of alkyl carbamates (subject to hydrolysis) is 1. The van der Waals surface area contributed by atoms with Crippen LogP contribution in [0.25, 0.3) is 0 Å². The molecule has 2 unspecified atom stereocenters. The van der Waals surface area contributed by atoms with Crippen molar-refractivity contribution in [2.24, 2.45) is 0 Å². The molecule has 2 rings (SSSR count). The average molecular weight is 502 g/mol. The second-order valence-electron chi connectivity index (χ2n) is 9.68. The lowest BCUT2D eigenvalue weighted by Crippen LogP contribution is -2.51. The number of amides is 3. The van der Waals surface area contributed by atoms with Crippen LogP contribution in [-0.2, 0) is 14.3 Å². The van der Waals surface area contributed by atoms with Gasteiger partial charge in [0.15, 0.2) is 0 Å². The van der Waals surface area contributed by atoms with Crippen molar-refractivity contribution in [1.29, 1.82) is 0 Å². The van der Waals surface area contributed by atoms with Crippen LogP contribution >= 0.6 is 11.6 Å². The molecule has 0 saturated carbocycles.